The molecule has 1 N–H and O–H groups in total. The zero-order chi connectivity index (χ0) is 22.2. The minimum atomic E-state index is 0.464. The van der Waals surface area contributed by atoms with Gasteiger partial charge in [-0.25, -0.2) is 0 Å². The average Bonchev–Trinajstić information content (AvgIpc) is 2.78. The molecule has 0 aliphatic rings. The van der Waals surface area contributed by atoms with Crippen LogP contribution in [0.25, 0.3) is 0 Å². The lowest BCUT2D eigenvalue weighted by molar-refractivity contribution is 0.465. The first-order valence-corrected chi connectivity index (χ1v) is 14.1. The van der Waals surface area contributed by atoms with Crippen LogP contribution in [0.15, 0.2) is 24.3 Å². The van der Waals surface area contributed by atoms with E-state index in [2.05, 4.69) is 6.92 Å². The molecule has 180 valence electrons. The Morgan fingerprint density at radius 2 is 0.774 bits per heavy atom. The molecule has 0 amide bonds. The quantitative estimate of drug-likeness (QED) is 0.171. The van der Waals surface area contributed by atoms with Crippen molar-refractivity contribution in [2.24, 2.45) is 0 Å². The summed E-state index contributed by atoms with van der Waals surface area (Å²) in [5, 5.41) is 9.78. The molecular formula is C30H54O. The number of rotatable bonds is 23. The minimum Gasteiger partial charge on any atom is -0.508 e. The maximum Gasteiger partial charge on any atom is 0.118 e. The van der Waals surface area contributed by atoms with Crippen LogP contribution in [-0.2, 0) is 6.42 Å². The second-order valence-corrected chi connectivity index (χ2v) is 9.80. The molecule has 0 unspecified atom stereocenters. The number of phenols is 1. The highest BCUT2D eigenvalue weighted by atomic mass is 16.3. The Balaban J connectivity index is 1.69. The Morgan fingerprint density at radius 3 is 1.13 bits per heavy atom. The molecule has 0 spiro atoms. The summed E-state index contributed by atoms with van der Waals surface area (Å²) in [7, 11) is 0. The van der Waals surface area contributed by atoms with E-state index in [1.54, 1.807) is 6.07 Å². The Kier molecular flexibility index (Phi) is 20.1. The third kappa shape index (κ3) is 18.3. The van der Waals surface area contributed by atoms with Gasteiger partial charge in [-0.15, -0.1) is 0 Å². The van der Waals surface area contributed by atoms with Crippen molar-refractivity contribution in [3.63, 3.8) is 0 Å². The molecule has 1 rings (SSSR count). The summed E-state index contributed by atoms with van der Waals surface area (Å²) in [5.74, 6) is 0.464. The monoisotopic (exact) mass is 430 g/mol. The molecule has 0 aliphatic carbocycles. The fourth-order valence-electron chi connectivity index (χ4n) is 4.65. The van der Waals surface area contributed by atoms with Gasteiger partial charge in [-0.1, -0.05) is 160 Å². The van der Waals surface area contributed by atoms with Crippen molar-refractivity contribution in [1.29, 1.82) is 0 Å². The van der Waals surface area contributed by atoms with Crippen molar-refractivity contribution in [3.05, 3.63) is 29.8 Å². The van der Waals surface area contributed by atoms with Gasteiger partial charge < -0.3 is 5.11 Å². The first-order chi connectivity index (χ1) is 15.3. The van der Waals surface area contributed by atoms with Crippen LogP contribution in [0.5, 0.6) is 5.75 Å². The average molecular weight is 431 g/mol. The van der Waals surface area contributed by atoms with Crippen LogP contribution in [0, 0.1) is 0 Å². The number of hydrogen-bond donors (Lipinski definition) is 1. The molecule has 1 heteroatoms. The lowest BCUT2D eigenvalue weighted by atomic mass is 10.0. The van der Waals surface area contributed by atoms with Crippen LogP contribution in [0.3, 0.4) is 0 Å². The van der Waals surface area contributed by atoms with Crippen LogP contribution in [-0.4, -0.2) is 5.11 Å². The predicted molar refractivity (Wildman–Crippen MR) is 139 cm³/mol. The molecule has 0 heterocycles. The van der Waals surface area contributed by atoms with Crippen molar-refractivity contribution < 1.29 is 5.11 Å². The Labute approximate surface area is 195 Å². The summed E-state index contributed by atoms with van der Waals surface area (Å²) < 4.78 is 0. The van der Waals surface area contributed by atoms with Gasteiger partial charge in [0, 0.05) is 0 Å². The van der Waals surface area contributed by atoms with Crippen LogP contribution in [0.4, 0.5) is 0 Å². The lowest BCUT2D eigenvalue weighted by Gasteiger charge is -2.05. The summed E-state index contributed by atoms with van der Waals surface area (Å²) in [6, 6.07) is 7.77. The smallest absolute Gasteiger partial charge is 0.118 e. The molecule has 0 saturated heterocycles. The number of unbranched alkanes of at least 4 members (excludes halogenated alkanes) is 21. The second-order valence-electron chi connectivity index (χ2n) is 9.80. The highest BCUT2D eigenvalue weighted by molar-refractivity contribution is 5.31. The normalized spacial score (nSPS) is 11.3. The Hall–Kier alpha value is -0.980. The minimum absolute atomic E-state index is 0.464. The predicted octanol–water partition coefficient (Wildman–Crippen LogP) is 10.5. The van der Waals surface area contributed by atoms with Gasteiger partial charge >= 0.3 is 0 Å². The van der Waals surface area contributed by atoms with Crippen LogP contribution >= 0.6 is 0 Å². The molecule has 1 aromatic carbocycles. The van der Waals surface area contributed by atoms with E-state index >= 15 is 0 Å². The number of aryl methyl sites for hydroxylation is 1. The molecule has 0 saturated carbocycles. The number of aromatic hydroxyl groups is 1. The van der Waals surface area contributed by atoms with Crippen LogP contribution < -0.4 is 0 Å². The molecule has 0 radical (unpaired) electrons. The molecule has 0 aliphatic heterocycles. The largest absolute Gasteiger partial charge is 0.508 e. The van der Waals surface area contributed by atoms with Gasteiger partial charge in [0.05, 0.1) is 0 Å². The maximum absolute atomic E-state index is 9.78. The van der Waals surface area contributed by atoms with Gasteiger partial charge in [-0.3, -0.25) is 0 Å². The third-order valence-electron chi connectivity index (χ3n) is 6.79. The second kappa shape index (κ2) is 22.2. The Bertz CT molecular complexity index is 481. The highest BCUT2D eigenvalue weighted by Crippen LogP contribution is 2.19. The number of phenolic OH excluding ortho intramolecular Hbond substituents is 1. The van der Waals surface area contributed by atoms with Gasteiger partial charge in [-0.2, -0.15) is 0 Å². The van der Waals surface area contributed by atoms with Gasteiger partial charge in [0.25, 0.3) is 0 Å². The molecular weight excluding hydrogens is 376 g/mol. The van der Waals surface area contributed by atoms with E-state index in [1.807, 2.05) is 18.2 Å². The van der Waals surface area contributed by atoms with Crippen molar-refractivity contribution in [2.75, 3.05) is 0 Å². The van der Waals surface area contributed by atoms with Crippen LogP contribution in [0.1, 0.15) is 154 Å². The summed E-state index contributed by atoms with van der Waals surface area (Å²) in [5.41, 5.74) is 1.11. The standard InChI is InChI=1S/C30H54O/c1-2-3-4-5-6-7-8-9-10-11-12-13-14-15-16-17-18-19-20-21-22-23-26-29-27-24-25-28-30(29)31/h24-25,27-28,31H,2-23,26H2,1H3. The van der Waals surface area contributed by atoms with Crippen molar-refractivity contribution >= 4 is 0 Å². The van der Waals surface area contributed by atoms with Crippen molar-refractivity contribution in [1.82, 2.24) is 0 Å². The zero-order valence-electron chi connectivity index (χ0n) is 21.0. The zero-order valence-corrected chi connectivity index (χ0v) is 21.0. The van der Waals surface area contributed by atoms with E-state index in [0.717, 1.165) is 12.0 Å². The van der Waals surface area contributed by atoms with E-state index < -0.39 is 0 Å². The fraction of sp³-hybridized carbons (Fsp3) is 0.800. The van der Waals surface area contributed by atoms with Crippen LogP contribution in [0.2, 0.25) is 0 Å². The van der Waals surface area contributed by atoms with Crippen molar-refractivity contribution in [2.45, 2.75) is 155 Å². The van der Waals surface area contributed by atoms with E-state index in [-0.39, 0.29) is 0 Å². The topological polar surface area (TPSA) is 20.2 Å². The van der Waals surface area contributed by atoms with Gasteiger partial charge in [-0.05, 0) is 24.5 Å². The van der Waals surface area contributed by atoms with E-state index in [9.17, 15) is 5.11 Å². The van der Waals surface area contributed by atoms with Crippen molar-refractivity contribution in [3.8, 4) is 5.75 Å². The summed E-state index contributed by atoms with van der Waals surface area (Å²) >= 11 is 0. The number of para-hydroxylation sites is 1. The molecule has 0 aromatic heterocycles. The van der Waals surface area contributed by atoms with E-state index in [0.29, 0.717) is 5.75 Å². The summed E-state index contributed by atoms with van der Waals surface area (Å²) in [4.78, 5) is 0. The first-order valence-electron chi connectivity index (χ1n) is 14.1. The molecule has 0 fully saturated rings. The van der Waals surface area contributed by atoms with E-state index in [4.69, 9.17) is 0 Å². The Morgan fingerprint density at radius 1 is 0.452 bits per heavy atom. The fourth-order valence-corrected chi connectivity index (χ4v) is 4.65. The molecule has 0 bridgehead atoms. The molecule has 1 nitrogen and oxygen atoms in total. The van der Waals surface area contributed by atoms with E-state index in [1.165, 1.54) is 141 Å². The molecule has 0 atom stereocenters. The molecule has 31 heavy (non-hydrogen) atoms. The van der Waals surface area contributed by atoms with Gasteiger partial charge in [0.1, 0.15) is 5.75 Å². The van der Waals surface area contributed by atoms with Gasteiger partial charge in [0.2, 0.25) is 0 Å². The highest BCUT2D eigenvalue weighted by Gasteiger charge is 1.99. The lowest BCUT2D eigenvalue weighted by Crippen LogP contribution is -1.87. The summed E-state index contributed by atoms with van der Waals surface area (Å²) in [6.45, 7) is 2.30. The SMILES string of the molecule is CCCCCCCCCCCCCCCCCCCCCCCCc1ccccc1O. The number of hydrogen-bond acceptors (Lipinski definition) is 1. The molecule has 1 aromatic rings. The first kappa shape index (κ1) is 28.1. The third-order valence-corrected chi connectivity index (χ3v) is 6.79. The number of benzene rings is 1. The summed E-state index contributed by atoms with van der Waals surface area (Å²) in [6.07, 6.45) is 32.4. The van der Waals surface area contributed by atoms with Gasteiger partial charge in [0.15, 0.2) is 0 Å². The maximum atomic E-state index is 9.78.